The maximum atomic E-state index is 13.7. The molecule has 0 amide bonds. The van der Waals surface area contributed by atoms with E-state index in [-0.39, 0.29) is 11.7 Å². The van der Waals surface area contributed by atoms with E-state index in [1.807, 2.05) is 26.8 Å². The molecule has 1 aromatic heterocycles. The lowest BCUT2D eigenvalue weighted by Gasteiger charge is -2.17. The predicted molar refractivity (Wildman–Crippen MR) is 78.0 cm³/mol. The number of nitrogens with two attached hydrogens (primary N) is 1. The first-order valence-corrected chi connectivity index (χ1v) is 6.45. The van der Waals surface area contributed by atoms with Crippen LogP contribution in [0, 0.1) is 19.7 Å². The Morgan fingerprint density at radius 3 is 2.57 bits per heavy atom. The fourth-order valence-corrected chi connectivity index (χ4v) is 2.27. The van der Waals surface area contributed by atoms with Gasteiger partial charge >= 0.3 is 5.97 Å². The van der Waals surface area contributed by atoms with E-state index >= 15 is 0 Å². The molecule has 21 heavy (non-hydrogen) atoms. The van der Waals surface area contributed by atoms with Crippen molar-refractivity contribution in [3.8, 4) is 0 Å². The molecule has 4 N–H and O–H groups in total. The van der Waals surface area contributed by atoms with Gasteiger partial charge in [-0.15, -0.1) is 0 Å². The van der Waals surface area contributed by atoms with Crippen LogP contribution in [-0.4, -0.2) is 11.1 Å². The minimum Gasteiger partial charge on any atom is -0.478 e. The molecule has 2 aromatic rings. The minimum atomic E-state index is -1.35. The summed E-state index contributed by atoms with van der Waals surface area (Å²) in [6, 6.07) is 3.95. The quantitative estimate of drug-likeness (QED) is 0.751. The van der Waals surface area contributed by atoms with Crippen molar-refractivity contribution in [2.75, 3.05) is 11.1 Å². The summed E-state index contributed by atoms with van der Waals surface area (Å²) in [5.74, 6) is -0.614. The Balaban J connectivity index is 2.29. The number of hydrogen-bond acceptors (Lipinski definition) is 4. The Morgan fingerprint density at radius 2 is 2.05 bits per heavy atom. The third kappa shape index (κ3) is 2.99. The molecule has 0 aliphatic rings. The summed E-state index contributed by atoms with van der Waals surface area (Å²) in [6.45, 7) is 5.58. The number of furan rings is 1. The molecule has 1 heterocycles. The molecular weight excluding hydrogens is 275 g/mol. The van der Waals surface area contributed by atoms with E-state index in [1.165, 1.54) is 0 Å². The average molecular weight is 292 g/mol. The van der Waals surface area contributed by atoms with Crippen molar-refractivity contribution in [3.05, 3.63) is 46.7 Å². The van der Waals surface area contributed by atoms with Gasteiger partial charge in [0.25, 0.3) is 0 Å². The number of carboxylic acids is 1. The van der Waals surface area contributed by atoms with E-state index in [9.17, 15) is 9.18 Å². The molecule has 0 aliphatic carbocycles. The van der Waals surface area contributed by atoms with Gasteiger partial charge in [-0.1, -0.05) is 0 Å². The normalized spacial score (nSPS) is 12.2. The summed E-state index contributed by atoms with van der Waals surface area (Å²) < 4.78 is 19.2. The van der Waals surface area contributed by atoms with Crippen LogP contribution in [0.25, 0.3) is 0 Å². The zero-order valence-electron chi connectivity index (χ0n) is 12.0. The van der Waals surface area contributed by atoms with Crippen molar-refractivity contribution in [1.82, 2.24) is 0 Å². The number of carboxylic acid groups (broad SMARTS) is 1. The van der Waals surface area contributed by atoms with Crippen molar-refractivity contribution in [2.45, 2.75) is 26.8 Å². The minimum absolute atomic E-state index is 0.153. The maximum absolute atomic E-state index is 13.7. The lowest BCUT2D eigenvalue weighted by Crippen LogP contribution is -2.11. The number of rotatable bonds is 4. The Hall–Kier alpha value is -2.50. The first-order valence-electron chi connectivity index (χ1n) is 6.45. The van der Waals surface area contributed by atoms with Crippen molar-refractivity contribution in [1.29, 1.82) is 0 Å². The first kappa shape index (κ1) is 14.9. The van der Waals surface area contributed by atoms with Gasteiger partial charge in [-0.3, -0.25) is 0 Å². The Bertz CT molecular complexity index is 694. The summed E-state index contributed by atoms with van der Waals surface area (Å²) in [5, 5.41) is 11.9. The highest BCUT2D eigenvalue weighted by atomic mass is 19.1. The molecule has 1 unspecified atom stereocenters. The highest BCUT2D eigenvalue weighted by Crippen LogP contribution is 2.29. The number of aryl methyl sites for hydroxylation is 2. The number of nitrogens with one attached hydrogen (secondary N) is 1. The first-order chi connectivity index (χ1) is 9.79. The summed E-state index contributed by atoms with van der Waals surface area (Å²) >= 11 is 0. The number of anilines is 2. The van der Waals surface area contributed by atoms with Gasteiger partial charge in [0.1, 0.15) is 17.3 Å². The van der Waals surface area contributed by atoms with Gasteiger partial charge in [-0.2, -0.15) is 0 Å². The van der Waals surface area contributed by atoms with Crippen LogP contribution in [-0.2, 0) is 0 Å². The Labute approximate surface area is 121 Å². The summed E-state index contributed by atoms with van der Waals surface area (Å²) in [5.41, 5.74) is 6.81. The number of halogens is 1. The smallest absolute Gasteiger partial charge is 0.338 e. The second-order valence-corrected chi connectivity index (χ2v) is 4.96. The van der Waals surface area contributed by atoms with Crippen molar-refractivity contribution in [3.63, 3.8) is 0 Å². The van der Waals surface area contributed by atoms with Gasteiger partial charge in [-0.25, -0.2) is 9.18 Å². The topological polar surface area (TPSA) is 88.5 Å². The van der Waals surface area contributed by atoms with E-state index in [1.54, 1.807) is 0 Å². The van der Waals surface area contributed by atoms with Crippen LogP contribution in [0.5, 0.6) is 0 Å². The third-order valence-electron chi connectivity index (χ3n) is 3.29. The third-order valence-corrected chi connectivity index (χ3v) is 3.29. The molecule has 0 aliphatic heterocycles. The fraction of sp³-hybridized carbons (Fsp3) is 0.267. The standard InChI is InChI=1S/C15H17FN2O3/c1-7-4-10(9(3)21-7)8(2)18-14-6-12(16)11(15(19)20)5-13(14)17/h4-6,8,18H,17H2,1-3H3,(H,19,20). The number of aromatic carboxylic acids is 1. The van der Waals surface area contributed by atoms with Crippen LogP contribution in [0.15, 0.2) is 22.6 Å². The molecule has 0 fully saturated rings. The zero-order chi connectivity index (χ0) is 15.7. The second kappa shape index (κ2) is 5.47. The highest BCUT2D eigenvalue weighted by molar-refractivity contribution is 5.90. The van der Waals surface area contributed by atoms with E-state index in [4.69, 9.17) is 15.3 Å². The molecule has 0 spiro atoms. The van der Waals surface area contributed by atoms with Crippen LogP contribution in [0.4, 0.5) is 15.8 Å². The predicted octanol–water partition coefficient (Wildman–Crippen LogP) is 3.49. The molecule has 112 valence electrons. The molecule has 0 saturated heterocycles. The lowest BCUT2D eigenvalue weighted by atomic mass is 10.1. The molecule has 1 aromatic carbocycles. The number of carbonyl (C=O) groups is 1. The number of benzene rings is 1. The van der Waals surface area contributed by atoms with Crippen LogP contribution in [0.2, 0.25) is 0 Å². The van der Waals surface area contributed by atoms with Crippen LogP contribution in [0.3, 0.4) is 0 Å². The summed E-state index contributed by atoms with van der Waals surface area (Å²) in [4.78, 5) is 10.8. The zero-order valence-corrected chi connectivity index (χ0v) is 12.0. The van der Waals surface area contributed by atoms with Crippen LogP contribution in [0.1, 0.15) is 40.4 Å². The second-order valence-electron chi connectivity index (χ2n) is 4.96. The number of nitrogen functional groups attached to an aromatic ring is 1. The van der Waals surface area contributed by atoms with Crippen LogP contribution >= 0.6 is 0 Å². The molecule has 0 radical (unpaired) electrons. The monoisotopic (exact) mass is 292 g/mol. The van der Waals surface area contributed by atoms with Gasteiger partial charge in [0.2, 0.25) is 0 Å². The van der Waals surface area contributed by atoms with Crippen molar-refractivity contribution in [2.24, 2.45) is 0 Å². The van der Waals surface area contributed by atoms with Crippen molar-refractivity contribution < 1.29 is 18.7 Å². The van der Waals surface area contributed by atoms with E-state index in [0.717, 1.165) is 29.2 Å². The molecular formula is C15H17FN2O3. The Morgan fingerprint density at radius 1 is 1.38 bits per heavy atom. The molecule has 2 rings (SSSR count). The largest absolute Gasteiger partial charge is 0.478 e. The molecule has 0 saturated carbocycles. The van der Waals surface area contributed by atoms with E-state index in [0.29, 0.717) is 5.69 Å². The van der Waals surface area contributed by atoms with Gasteiger partial charge in [-0.05, 0) is 39.0 Å². The Kier molecular flexibility index (Phi) is 3.88. The molecule has 6 heteroatoms. The van der Waals surface area contributed by atoms with Gasteiger partial charge < -0.3 is 20.6 Å². The molecule has 1 atom stereocenters. The SMILES string of the molecule is Cc1cc(C(C)Nc2cc(F)c(C(=O)O)cc2N)c(C)o1. The lowest BCUT2D eigenvalue weighted by molar-refractivity contribution is 0.0692. The van der Waals surface area contributed by atoms with Gasteiger partial charge in [0, 0.05) is 5.56 Å². The van der Waals surface area contributed by atoms with Gasteiger partial charge in [0.15, 0.2) is 0 Å². The number of hydrogen-bond donors (Lipinski definition) is 3. The molecule has 0 bridgehead atoms. The van der Waals surface area contributed by atoms with Gasteiger partial charge in [0.05, 0.1) is 23.0 Å². The highest BCUT2D eigenvalue weighted by Gasteiger charge is 2.17. The summed E-state index contributed by atoms with van der Waals surface area (Å²) in [7, 11) is 0. The summed E-state index contributed by atoms with van der Waals surface area (Å²) in [6.07, 6.45) is 0. The maximum Gasteiger partial charge on any atom is 0.338 e. The van der Waals surface area contributed by atoms with Crippen LogP contribution < -0.4 is 11.1 Å². The fourth-order valence-electron chi connectivity index (χ4n) is 2.27. The van der Waals surface area contributed by atoms with E-state index in [2.05, 4.69) is 5.32 Å². The molecule has 5 nitrogen and oxygen atoms in total. The van der Waals surface area contributed by atoms with E-state index < -0.39 is 17.3 Å². The average Bonchev–Trinajstić information content (AvgIpc) is 2.72. The van der Waals surface area contributed by atoms with Crippen molar-refractivity contribution >= 4 is 17.3 Å².